The first kappa shape index (κ1) is 25.0. The van der Waals surface area contributed by atoms with Crippen molar-refractivity contribution in [2.24, 2.45) is 0 Å². The number of hydroxylamine groups is 1. The van der Waals surface area contributed by atoms with Gasteiger partial charge < -0.3 is 10.2 Å². The Bertz CT molecular complexity index is 934. The molecule has 9 heteroatoms. The Hall–Kier alpha value is -1.68. The summed E-state index contributed by atoms with van der Waals surface area (Å²) in [5.41, 5.74) is 9.44. The Morgan fingerprint density at radius 2 is 1.53 bits per heavy atom. The molecule has 0 unspecified atom stereocenters. The van der Waals surface area contributed by atoms with Crippen molar-refractivity contribution in [1.82, 2.24) is 15.1 Å². The second kappa shape index (κ2) is 9.67. The number of piperidine rings is 1. The molecule has 32 heavy (non-hydrogen) atoms. The maximum absolute atomic E-state index is 13.6. The van der Waals surface area contributed by atoms with E-state index in [0.717, 1.165) is 12.8 Å². The molecule has 2 fully saturated rings. The number of piperazine rings is 1. The maximum Gasteiger partial charge on any atom is 0.266 e. The Labute approximate surface area is 192 Å². The number of sulfonamides is 1. The summed E-state index contributed by atoms with van der Waals surface area (Å²) in [6.07, 6.45) is 2.47. The van der Waals surface area contributed by atoms with Gasteiger partial charge in [-0.25, -0.2) is 13.9 Å². The van der Waals surface area contributed by atoms with E-state index in [1.54, 1.807) is 5.48 Å². The van der Waals surface area contributed by atoms with Gasteiger partial charge in [0.15, 0.2) is 4.75 Å². The van der Waals surface area contributed by atoms with Gasteiger partial charge in [-0.1, -0.05) is 13.3 Å². The molecule has 2 heterocycles. The zero-order valence-corrected chi connectivity index (χ0v) is 20.9. The van der Waals surface area contributed by atoms with Gasteiger partial charge in [0, 0.05) is 31.9 Å². The summed E-state index contributed by atoms with van der Waals surface area (Å²) in [5.74, 6) is -0.828. The van der Waals surface area contributed by atoms with E-state index in [1.807, 2.05) is 0 Å². The largest absolute Gasteiger partial charge is 0.368 e. The van der Waals surface area contributed by atoms with Gasteiger partial charge >= 0.3 is 0 Å². The molecular weight excluding hydrogens is 428 g/mol. The molecule has 180 valence electrons. The van der Waals surface area contributed by atoms with Crippen molar-refractivity contribution in [3.8, 4) is 0 Å². The third-order valence-corrected chi connectivity index (χ3v) is 10.2. The molecule has 0 spiro atoms. The Balaban J connectivity index is 1.86. The van der Waals surface area contributed by atoms with Crippen molar-refractivity contribution in [2.45, 2.75) is 65.0 Å². The van der Waals surface area contributed by atoms with Gasteiger partial charge in [0.2, 0.25) is 10.0 Å². The van der Waals surface area contributed by atoms with Crippen LogP contribution in [0.25, 0.3) is 0 Å². The molecule has 0 bridgehead atoms. The van der Waals surface area contributed by atoms with E-state index in [0.29, 0.717) is 39.3 Å². The highest BCUT2D eigenvalue weighted by molar-refractivity contribution is 7.91. The van der Waals surface area contributed by atoms with Crippen molar-refractivity contribution in [1.29, 1.82) is 0 Å². The number of benzene rings is 1. The lowest BCUT2D eigenvalue weighted by Gasteiger charge is -2.43. The van der Waals surface area contributed by atoms with Crippen LogP contribution in [0.3, 0.4) is 0 Å². The molecule has 0 radical (unpaired) electrons. The predicted molar refractivity (Wildman–Crippen MR) is 127 cm³/mol. The number of carbonyl (C=O) groups excluding carboxylic acids is 1. The van der Waals surface area contributed by atoms with Crippen LogP contribution in [0.2, 0.25) is 0 Å². The van der Waals surface area contributed by atoms with E-state index in [4.69, 9.17) is 0 Å². The van der Waals surface area contributed by atoms with Crippen LogP contribution >= 0.6 is 0 Å². The average Bonchev–Trinajstić information content (AvgIpc) is 2.81. The minimum atomic E-state index is -3.92. The van der Waals surface area contributed by atoms with Gasteiger partial charge in [-0.2, -0.15) is 4.31 Å². The topological polar surface area (TPSA) is 102 Å². The van der Waals surface area contributed by atoms with E-state index in [1.165, 1.54) is 37.8 Å². The van der Waals surface area contributed by atoms with E-state index in [-0.39, 0.29) is 12.8 Å². The second-order valence-corrected chi connectivity index (χ2v) is 11.4. The first-order chi connectivity index (χ1) is 15.1. The smallest absolute Gasteiger partial charge is 0.266 e. The van der Waals surface area contributed by atoms with Crippen LogP contribution in [-0.4, -0.2) is 67.9 Å². The fourth-order valence-corrected chi connectivity index (χ4v) is 7.54. The number of hydrogen-bond acceptors (Lipinski definition) is 6. The third-order valence-electron chi connectivity index (χ3n) is 7.56. The fourth-order valence-electron chi connectivity index (χ4n) is 5.40. The van der Waals surface area contributed by atoms with Gasteiger partial charge in [-0.15, -0.1) is 0 Å². The quantitative estimate of drug-likeness (QED) is 0.438. The maximum atomic E-state index is 13.6. The number of nitrogens with one attached hydrogen (secondary N) is 2. The summed E-state index contributed by atoms with van der Waals surface area (Å²) in [7, 11) is -3.92. The summed E-state index contributed by atoms with van der Waals surface area (Å²) in [6, 6.07) is 0. The minimum absolute atomic E-state index is 0.150. The molecule has 0 atom stereocenters. The fraction of sp³-hybridized carbons (Fsp3) is 0.696. The van der Waals surface area contributed by atoms with Crippen LogP contribution < -0.4 is 15.7 Å². The molecular formula is C23H38N4O4S. The van der Waals surface area contributed by atoms with Gasteiger partial charge in [0.1, 0.15) is 0 Å². The van der Waals surface area contributed by atoms with Crippen molar-refractivity contribution < 1.29 is 18.4 Å². The highest BCUT2D eigenvalue weighted by Gasteiger charge is 2.54. The van der Waals surface area contributed by atoms with Crippen LogP contribution in [0.15, 0.2) is 0 Å². The summed E-state index contributed by atoms with van der Waals surface area (Å²) >= 11 is 0. The van der Waals surface area contributed by atoms with Gasteiger partial charge in [-0.3, -0.25) is 10.0 Å². The van der Waals surface area contributed by atoms with Crippen molar-refractivity contribution in [3.05, 3.63) is 27.8 Å². The van der Waals surface area contributed by atoms with Gasteiger partial charge in [-0.05, 0) is 87.9 Å². The molecule has 1 aromatic carbocycles. The second-order valence-electron chi connectivity index (χ2n) is 9.15. The molecule has 0 aliphatic carbocycles. The summed E-state index contributed by atoms with van der Waals surface area (Å²) < 4.78 is 27.0. The molecule has 1 aromatic rings. The van der Waals surface area contributed by atoms with Crippen LogP contribution in [0, 0.1) is 27.7 Å². The van der Waals surface area contributed by atoms with Crippen molar-refractivity contribution in [3.63, 3.8) is 0 Å². The molecule has 0 saturated carbocycles. The van der Waals surface area contributed by atoms with E-state index >= 15 is 0 Å². The number of hydrogen-bond donors (Lipinski definition) is 3. The lowest BCUT2D eigenvalue weighted by molar-refractivity contribution is -0.132. The predicted octanol–water partition coefficient (Wildman–Crippen LogP) is 1.95. The summed E-state index contributed by atoms with van der Waals surface area (Å²) in [4.78, 5) is 14.8. The molecule has 2 saturated heterocycles. The normalized spacial score (nSPS) is 19.8. The Kier molecular flexibility index (Phi) is 7.54. The lowest BCUT2D eigenvalue weighted by atomic mass is 9.89. The summed E-state index contributed by atoms with van der Waals surface area (Å²) in [6.45, 7) is 13.5. The minimum Gasteiger partial charge on any atom is -0.368 e. The average molecular weight is 467 g/mol. The SMILES string of the molecule is CCCc1c(C)c(C)c(N2CCN(S(=O)(=O)C3(C(=O)NO)CCNCC3)CC2)c(C)c1C. The highest BCUT2D eigenvalue weighted by Crippen LogP contribution is 2.36. The standard InChI is InChI=1S/C23H38N4O4S/c1-6-7-20-16(2)18(4)21(19(5)17(20)3)26-12-14-27(15-13-26)32(30,31)23(22(28)25-29)8-10-24-11-9-23/h24,29H,6-15H2,1-5H3,(H,25,28). The first-order valence-electron chi connectivity index (χ1n) is 11.6. The first-order valence-corrected chi connectivity index (χ1v) is 13.1. The zero-order chi connectivity index (χ0) is 23.7. The van der Waals surface area contributed by atoms with Crippen LogP contribution in [0.1, 0.15) is 54.0 Å². The number of nitrogens with zero attached hydrogens (tertiary/aromatic N) is 2. The molecule has 2 aliphatic rings. The molecule has 3 N–H and O–H groups in total. The van der Waals surface area contributed by atoms with Crippen LogP contribution in [-0.2, 0) is 21.2 Å². The molecule has 8 nitrogen and oxygen atoms in total. The molecule has 2 aliphatic heterocycles. The van der Waals surface area contributed by atoms with Crippen LogP contribution in [0.4, 0.5) is 5.69 Å². The van der Waals surface area contributed by atoms with Gasteiger partial charge in [0.25, 0.3) is 5.91 Å². The third kappa shape index (κ3) is 4.04. The van der Waals surface area contributed by atoms with E-state index in [9.17, 15) is 18.4 Å². The highest BCUT2D eigenvalue weighted by atomic mass is 32.2. The number of rotatable bonds is 6. The number of amides is 1. The van der Waals surface area contributed by atoms with Crippen LogP contribution in [0.5, 0.6) is 0 Å². The molecule has 0 aromatic heterocycles. The molecule has 3 rings (SSSR count). The number of anilines is 1. The van der Waals surface area contributed by atoms with E-state index in [2.05, 4.69) is 44.8 Å². The van der Waals surface area contributed by atoms with Gasteiger partial charge in [0.05, 0.1) is 0 Å². The Morgan fingerprint density at radius 1 is 1.00 bits per heavy atom. The van der Waals surface area contributed by atoms with E-state index < -0.39 is 20.7 Å². The number of carbonyl (C=O) groups is 1. The lowest BCUT2D eigenvalue weighted by Crippen LogP contribution is -2.63. The summed E-state index contributed by atoms with van der Waals surface area (Å²) in [5, 5.41) is 12.4. The van der Waals surface area contributed by atoms with Crippen molar-refractivity contribution in [2.75, 3.05) is 44.2 Å². The Morgan fingerprint density at radius 3 is 2.00 bits per heavy atom. The zero-order valence-electron chi connectivity index (χ0n) is 20.0. The molecule has 1 amide bonds. The van der Waals surface area contributed by atoms with Crippen molar-refractivity contribution >= 4 is 21.6 Å². The monoisotopic (exact) mass is 466 g/mol.